The molecule has 0 spiro atoms. The van der Waals surface area contributed by atoms with Gasteiger partial charge in [0.05, 0.1) is 25.7 Å². The molecule has 176 valence electrons. The smallest absolute Gasteiger partial charge is 0.319 e. The molecular formula is C19H25F5N2O4S. The molecule has 1 saturated carbocycles. The largest absolute Gasteiger partial charge is 0.481 e. The average Bonchev–Trinajstić information content (AvgIpc) is 2.68. The molecule has 0 aromatic carbocycles. The molecular weight excluding hydrogens is 447 g/mol. The van der Waals surface area contributed by atoms with Crippen molar-refractivity contribution in [2.75, 3.05) is 14.2 Å². The van der Waals surface area contributed by atoms with Gasteiger partial charge in [-0.3, -0.25) is 4.79 Å². The minimum absolute atomic E-state index is 0.0214. The van der Waals surface area contributed by atoms with Gasteiger partial charge in [-0.2, -0.15) is 27.5 Å². The van der Waals surface area contributed by atoms with Crippen LogP contribution in [0.2, 0.25) is 0 Å². The highest BCUT2D eigenvalue weighted by molar-refractivity contribution is 8.00. The molecule has 1 fully saturated rings. The standard InChI is InChI=1S/C19H25F5N2O4S/c1-6-7-8-16(13(27)28)10-17(20,21)18(22,23)15(2,3)19(16,24)31-14-25-11(29-4)9-12(26-14)30-5/h9H,6-8,10H2,1-5H3,(H,27,28). The molecule has 0 radical (unpaired) electrons. The molecule has 1 heterocycles. The summed E-state index contributed by atoms with van der Waals surface area (Å²) in [6, 6.07) is 1.24. The summed E-state index contributed by atoms with van der Waals surface area (Å²) in [6.07, 6.45) is -2.05. The highest BCUT2D eigenvalue weighted by Gasteiger charge is 2.84. The monoisotopic (exact) mass is 472 g/mol. The number of rotatable bonds is 8. The SMILES string of the molecule is CCCCC1(C(=O)O)CC(F)(F)C(F)(F)C(C)(C)C1(F)Sc1nc(OC)cc(OC)n1. The Labute approximate surface area is 180 Å². The third-order valence-corrected chi connectivity index (χ3v) is 7.41. The van der Waals surface area contributed by atoms with Crippen molar-refractivity contribution < 1.29 is 41.3 Å². The quantitative estimate of drug-likeness (QED) is 0.411. The minimum atomic E-state index is -4.85. The molecule has 6 nitrogen and oxygen atoms in total. The van der Waals surface area contributed by atoms with Gasteiger partial charge in [-0.05, 0) is 32.0 Å². The van der Waals surface area contributed by atoms with E-state index in [2.05, 4.69) is 9.97 Å². The van der Waals surface area contributed by atoms with Crippen molar-refractivity contribution in [2.24, 2.45) is 10.8 Å². The lowest BCUT2D eigenvalue weighted by molar-refractivity contribution is -0.331. The number of carboxylic acid groups (broad SMARTS) is 1. The van der Waals surface area contributed by atoms with E-state index >= 15 is 4.39 Å². The normalized spacial score (nSPS) is 28.7. The number of carboxylic acids is 1. The second-order valence-electron chi connectivity index (χ2n) is 8.00. The van der Waals surface area contributed by atoms with Crippen LogP contribution in [0.1, 0.15) is 46.5 Å². The number of carbonyl (C=O) groups is 1. The minimum Gasteiger partial charge on any atom is -0.481 e. The maximum absolute atomic E-state index is 16.8. The van der Waals surface area contributed by atoms with E-state index in [0.29, 0.717) is 20.3 Å². The fourth-order valence-corrected chi connectivity index (χ4v) is 5.26. The Morgan fingerprint density at radius 2 is 1.65 bits per heavy atom. The van der Waals surface area contributed by atoms with E-state index in [9.17, 15) is 27.5 Å². The van der Waals surface area contributed by atoms with Crippen LogP contribution in [-0.2, 0) is 4.79 Å². The number of ether oxygens (including phenoxy) is 2. The van der Waals surface area contributed by atoms with Gasteiger partial charge in [-0.25, -0.2) is 4.39 Å². The Morgan fingerprint density at radius 3 is 2.06 bits per heavy atom. The zero-order valence-electron chi connectivity index (χ0n) is 17.8. The Bertz CT molecular complexity index is 819. The Hall–Kier alpha value is -1.85. The summed E-state index contributed by atoms with van der Waals surface area (Å²) < 4.78 is 85.8. The molecule has 0 aliphatic heterocycles. The number of hydrogen-bond acceptors (Lipinski definition) is 6. The molecule has 2 unspecified atom stereocenters. The third-order valence-electron chi connectivity index (χ3n) is 5.86. The summed E-state index contributed by atoms with van der Waals surface area (Å²) in [5.41, 5.74) is -5.94. The number of nitrogens with zero attached hydrogens (tertiary/aromatic N) is 2. The van der Waals surface area contributed by atoms with Crippen LogP contribution in [-0.4, -0.2) is 52.1 Å². The number of thioether (sulfide) groups is 1. The maximum atomic E-state index is 16.8. The van der Waals surface area contributed by atoms with E-state index in [4.69, 9.17) is 9.47 Å². The molecule has 0 amide bonds. The van der Waals surface area contributed by atoms with Gasteiger partial charge >= 0.3 is 17.8 Å². The van der Waals surface area contributed by atoms with Crippen LogP contribution in [0.15, 0.2) is 11.2 Å². The summed E-state index contributed by atoms with van der Waals surface area (Å²) >= 11 is -0.0214. The average molecular weight is 472 g/mol. The van der Waals surface area contributed by atoms with Crippen LogP contribution < -0.4 is 9.47 Å². The number of methoxy groups -OCH3 is 2. The first-order valence-electron chi connectivity index (χ1n) is 9.50. The number of unbranched alkanes of at least 4 members (excludes halogenated alkanes) is 1. The van der Waals surface area contributed by atoms with E-state index in [1.165, 1.54) is 20.3 Å². The Kier molecular flexibility index (Phi) is 6.76. The topological polar surface area (TPSA) is 81.5 Å². The van der Waals surface area contributed by atoms with Crippen molar-refractivity contribution in [1.82, 2.24) is 9.97 Å². The van der Waals surface area contributed by atoms with Gasteiger partial charge in [0.2, 0.25) is 11.8 Å². The summed E-state index contributed by atoms with van der Waals surface area (Å²) in [7, 11) is 2.48. The fraction of sp³-hybridized carbons (Fsp3) is 0.737. The molecule has 0 bridgehead atoms. The Balaban J connectivity index is 2.79. The van der Waals surface area contributed by atoms with E-state index in [0.717, 1.165) is 0 Å². The molecule has 1 aliphatic carbocycles. The molecule has 1 aliphatic rings. The number of halogens is 5. The van der Waals surface area contributed by atoms with Crippen molar-refractivity contribution >= 4 is 17.7 Å². The first-order chi connectivity index (χ1) is 14.2. The molecule has 12 heteroatoms. The van der Waals surface area contributed by atoms with Crippen LogP contribution in [0.25, 0.3) is 0 Å². The van der Waals surface area contributed by atoms with Gasteiger partial charge in [0.15, 0.2) is 10.2 Å². The van der Waals surface area contributed by atoms with Crippen molar-refractivity contribution in [3.63, 3.8) is 0 Å². The predicted molar refractivity (Wildman–Crippen MR) is 103 cm³/mol. The third kappa shape index (κ3) is 3.70. The van der Waals surface area contributed by atoms with Crippen molar-refractivity contribution in [3.8, 4) is 11.8 Å². The van der Waals surface area contributed by atoms with Gasteiger partial charge in [-0.15, -0.1) is 0 Å². The molecule has 1 aromatic heterocycles. The zero-order chi connectivity index (χ0) is 23.9. The summed E-state index contributed by atoms with van der Waals surface area (Å²) in [4.78, 5) is 20.1. The first kappa shape index (κ1) is 25.4. The van der Waals surface area contributed by atoms with Gasteiger partial charge in [0, 0.05) is 6.42 Å². The van der Waals surface area contributed by atoms with E-state index in [-0.39, 0.29) is 29.9 Å². The second kappa shape index (κ2) is 8.25. The summed E-state index contributed by atoms with van der Waals surface area (Å²) in [6.45, 7) is 2.86. The highest BCUT2D eigenvalue weighted by atomic mass is 32.2. The second-order valence-corrected chi connectivity index (χ2v) is 9.14. The van der Waals surface area contributed by atoms with Gasteiger partial charge in [0.1, 0.15) is 5.41 Å². The maximum Gasteiger partial charge on any atom is 0.319 e. The number of aliphatic carboxylic acids is 1. The van der Waals surface area contributed by atoms with Gasteiger partial charge in [-0.1, -0.05) is 19.8 Å². The molecule has 31 heavy (non-hydrogen) atoms. The number of alkyl halides is 5. The molecule has 1 aromatic rings. The summed E-state index contributed by atoms with van der Waals surface area (Å²) in [5.74, 6) is -11.7. The molecule has 0 saturated heterocycles. The van der Waals surface area contributed by atoms with Crippen molar-refractivity contribution in [1.29, 1.82) is 0 Å². The van der Waals surface area contributed by atoms with Crippen LogP contribution >= 0.6 is 11.8 Å². The molecule has 2 rings (SSSR count). The predicted octanol–water partition coefficient (Wildman–Crippen LogP) is 5.21. The summed E-state index contributed by atoms with van der Waals surface area (Å²) in [5, 5.41) is 6.05. The van der Waals surface area contributed by atoms with Crippen molar-refractivity contribution in [3.05, 3.63) is 6.07 Å². The number of aromatic nitrogens is 2. The molecule has 2 atom stereocenters. The highest BCUT2D eigenvalue weighted by Crippen LogP contribution is 2.72. The van der Waals surface area contributed by atoms with E-state index < -0.39 is 51.6 Å². The molecule has 1 N–H and O–H groups in total. The van der Waals surface area contributed by atoms with Crippen molar-refractivity contribution in [2.45, 2.75) is 68.5 Å². The van der Waals surface area contributed by atoms with Crippen LogP contribution in [0.4, 0.5) is 22.0 Å². The number of hydrogen-bond donors (Lipinski definition) is 1. The lowest BCUT2D eigenvalue weighted by atomic mass is 9.56. The first-order valence-corrected chi connectivity index (χ1v) is 10.3. The van der Waals surface area contributed by atoms with E-state index in [1.807, 2.05) is 0 Å². The Morgan fingerprint density at radius 1 is 1.13 bits per heavy atom. The van der Waals surface area contributed by atoms with Crippen LogP contribution in [0.5, 0.6) is 11.8 Å². The zero-order valence-corrected chi connectivity index (χ0v) is 18.6. The lowest BCUT2D eigenvalue weighted by Crippen LogP contribution is -2.72. The lowest BCUT2D eigenvalue weighted by Gasteiger charge is -2.58. The fourth-order valence-electron chi connectivity index (χ4n) is 3.90. The van der Waals surface area contributed by atoms with Gasteiger partial charge in [0.25, 0.3) is 0 Å². The van der Waals surface area contributed by atoms with Crippen LogP contribution in [0, 0.1) is 10.8 Å². The van der Waals surface area contributed by atoms with Crippen LogP contribution in [0.3, 0.4) is 0 Å². The van der Waals surface area contributed by atoms with Gasteiger partial charge < -0.3 is 14.6 Å². The van der Waals surface area contributed by atoms with E-state index in [1.54, 1.807) is 6.92 Å².